The number of hydrogen-bond donors (Lipinski definition) is 1. The van der Waals surface area contributed by atoms with E-state index in [0.717, 1.165) is 57.9 Å². The van der Waals surface area contributed by atoms with Crippen molar-refractivity contribution in [2.45, 2.75) is 32.9 Å². The van der Waals surface area contributed by atoms with Gasteiger partial charge in [-0.15, -0.1) is 10.2 Å². The summed E-state index contributed by atoms with van der Waals surface area (Å²) in [6, 6.07) is 3.73. The van der Waals surface area contributed by atoms with Gasteiger partial charge >= 0.3 is 0 Å². The Kier molecular flexibility index (Phi) is 6.65. The quantitative estimate of drug-likeness (QED) is 0.620. The number of amides is 1. The Morgan fingerprint density at radius 3 is 2.90 bits per heavy atom. The van der Waals surface area contributed by atoms with Crippen LogP contribution in [0, 0.1) is 0 Å². The van der Waals surface area contributed by atoms with Crippen LogP contribution in [-0.2, 0) is 13.1 Å². The Hall–Kier alpha value is -2.85. The van der Waals surface area contributed by atoms with Gasteiger partial charge in [-0.25, -0.2) is 4.98 Å². The number of nitrogens with zero attached hydrogens (tertiary/aromatic N) is 7. The van der Waals surface area contributed by atoms with Crippen LogP contribution in [0.5, 0.6) is 0 Å². The van der Waals surface area contributed by atoms with E-state index in [2.05, 4.69) is 48.5 Å². The van der Waals surface area contributed by atoms with Gasteiger partial charge in [0.2, 0.25) is 5.13 Å². The monoisotopic (exact) mass is 426 g/mol. The highest BCUT2D eigenvalue weighted by atomic mass is 32.1. The van der Waals surface area contributed by atoms with Gasteiger partial charge in [-0.05, 0) is 25.0 Å². The predicted molar refractivity (Wildman–Crippen MR) is 117 cm³/mol. The standard InChI is InChI=1S/C20H26N8OS/c1-2-6-28-14-16(11-23-28)13-26-7-3-8-27(10-9-26)18-5-4-17(12-21-18)19(29)24-20-25-22-15-30-20/h4-5,11-12,14-15H,2-3,6-10,13H2,1H3,(H,24,25,29). The Balaban J connectivity index is 1.31. The number of nitrogens with one attached hydrogen (secondary N) is 1. The lowest BCUT2D eigenvalue weighted by Crippen LogP contribution is -2.31. The van der Waals surface area contributed by atoms with Gasteiger partial charge in [-0.3, -0.25) is 19.7 Å². The van der Waals surface area contributed by atoms with E-state index in [-0.39, 0.29) is 5.91 Å². The van der Waals surface area contributed by atoms with Crippen molar-refractivity contribution in [2.75, 3.05) is 36.4 Å². The molecule has 1 N–H and O–H groups in total. The fourth-order valence-electron chi connectivity index (χ4n) is 3.56. The largest absolute Gasteiger partial charge is 0.355 e. The Labute approximate surface area is 179 Å². The predicted octanol–water partition coefficient (Wildman–Crippen LogP) is 2.50. The zero-order valence-corrected chi connectivity index (χ0v) is 17.9. The molecule has 158 valence electrons. The van der Waals surface area contributed by atoms with Crippen molar-refractivity contribution in [2.24, 2.45) is 0 Å². The molecule has 9 nitrogen and oxygen atoms in total. The van der Waals surface area contributed by atoms with Crippen molar-refractivity contribution < 1.29 is 4.79 Å². The maximum atomic E-state index is 12.3. The first kappa shape index (κ1) is 20.4. The molecule has 3 aromatic heterocycles. The fourth-order valence-corrected chi connectivity index (χ4v) is 4.00. The molecule has 0 aliphatic carbocycles. The molecule has 1 saturated heterocycles. The number of hydrogen-bond acceptors (Lipinski definition) is 8. The molecule has 0 saturated carbocycles. The number of pyridine rings is 1. The zero-order chi connectivity index (χ0) is 20.8. The van der Waals surface area contributed by atoms with Crippen LogP contribution < -0.4 is 10.2 Å². The number of rotatable bonds is 7. The third-order valence-corrected chi connectivity index (χ3v) is 5.66. The van der Waals surface area contributed by atoms with Crippen LogP contribution in [0.15, 0.2) is 36.2 Å². The minimum Gasteiger partial charge on any atom is -0.355 e. The van der Waals surface area contributed by atoms with E-state index in [9.17, 15) is 4.79 Å². The van der Waals surface area contributed by atoms with Gasteiger partial charge in [0, 0.05) is 57.2 Å². The van der Waals surface area contributed by atoms with E-state index in [1.54, 1.807) is 11.7 Å². The maximum absolute atomic E-state index is 12.3. The Morgan fingerprint density at radius 2 is 2.13 bits per heavy atom. The zero-order valence-electron chi connectivity index (χ0n) is 17.1. The average molecular weight is 427 g/mol. The number of carbonyl (C=O) groups is 1. The maximum Gasteiger partial charge on any atom is 0.259 e. The van der Waals surface area contributed by atoms with E-state index < -0.39 is 0 Å². The molecule has 3 aromatic rings. The molecule has 1 aliphatic heterocycles. The summed E-state index contributed by atoms with van der Waals surface area (Å²) in [6.45, 7) is 7.94. The second kappa shape index (κ2) is 9.77. The number of anilines is 2. The van der Waals surface area contributed by atoms with E-state index in [0.29, 0.717) is 10.7 Å². The van der Waals surface area contributed by atoms with Crippen molar-refractivity contribution in [1.82, 2.24) is 29.9 Å². The second-order valence-electron chi connectivity index (χ2n) is 7.33. The first-order valence-electron chi connectivity index (χ1n) is 10.2. The first-order chi connectivity index (χ1) is 14.7. The van der Waals surface area contributed by atoms with Gasteiger partial charge in [0.1, 0.15) is 11.3 Å². The number of carbonyl (C=O) groups excluding carboxylic acids is 1. The number of aromatic nitrogens is 5. The summed E-state index contributed by atoms with van der Waals surface area (Å²) in [5.74, 6) is 0.677. The molecule has 4 heterocycles. The third kappa shape index (κ3) is 5.19. The Bertz CT molecular complexity index is 940. The van der Waals surface area contributed by atoms with Gasteiger partial charge < -0.3 is 4.90 Å². The summed E-state index contributed by atoms with van der Waals surface area (Å²) in [5, 5.41) is 15.2. The van der Waals surface area contributed by atoms with E-state index in [1.165, 1.54) is 16.9 Å². The van der Waals surface area contributed by atoms with Crippen molar-refractivity contribution in [3.05, 3.63) is 47.4 Å². The highest BCUT2D eigenvalue weighted by Crippen LogP contribution is 2.17. The van der Waals surface area contributed by atoms with E-state index in [4.69, 9.17) is 0 Å². The van der Waals surface area contributed by atoms with Gasteiger partial charge in [0.25, 0.3) is 5.91 Å². The van der Waals surface area contributed by atoms with Crippen LogP contribution in [-0.4, -0.2) is 61.9 Å². The highest BCUT2D eigenvalue weighted by Gasteiger charge is 2.17. The summed E-state index contributed by atoms with van der Waals surface area (Å²) in [4.78, 5) is 21.6. The summed E-state index contributed by atoms with van der Waals surface area (Å²) in [7, 11) is 0. The van der Waals surface area contributed by atoms with Crippen LogP contribution in [0.4, 0.5) is 10.9 Å². The Morgan fingerprint density at radius 1 is 1.20 bits per heavy atom. The molecule has 0 spiro atoms. The topological polar surface area (TPSA) is 92.1 Å². The SMILES string of the molecule is CCCn1cc(CN2CCCN(c3ccc(C(=O)Nc4nncs4)cn3)CC2)cn1. The van der Waals surface area contributed by atoms with Crippen molar-refractivity contribution in [1.29, 1.82) is 0 Å². The highest BCUT2D eigenvalue weighted by molar-refractivity contribution is 7.13. The van der Waals surface area contributed by atoms with Crippen LogP contribution in [0.1, 0.15) is 35.7 Å². The summed E-state index contributed by atoms with van der Waals surface area (Å²) < 4.78 is 2.02. The van der Waals surface area contributed by atoms with Crippen LogP contribution in [0.2, 0.25) is 0 Å². The molecule has 1 fully saturated rings. The second-order valence-corrected chi connectivity index (χ2v) is 8.16. The molecule has 1 amide bonds. The minimum absolute atomic E-state index is 0.225. The van der Waals surface area contributed by atoms with Crippen LogP contribution >= 0.6 is 11.3 Å². The summed E-state index contributed by atoms with van der Waals surface area (Å²) >= 11 is 1.29. The molecule has 0 unspecified atom stereocenters. The molecule has 10 heteroatoms. The van der Waals surface area contributed by atoms with Crippen molar-refractivity contribution in [3.63, 3.8) is 0 Å². The lowest BCUT2D eigenvalue weighted by atomic mass is 10.2. The van der Waals surface area contributed by atoms with Crippen molar-refractivity contribution in [3.8, 4) is 0 Å². The normalized spacial score (nSPS) is 15.2. The molecule has 0 radical (unpaired) electrons. The number of aryl methyl sites for hydroxylation is 1. The first-order valence-corrected chi connectivity index (χ1v) is 11.1. The molecular weight excluding hydrogens is 400 g/mol. The fraction of sp³-hybridized carbons (Fsp3) is 0.450. The molecule has 0 bridgehead atoms. The molecule has 30 heavy (non-hydrogen) atoms. The average Bonchev–Trinajstić information content (AvgIpc) is 3.37. The molecular formula is C20H26N8OS. The lowest BCUT2D eigenvalue weighted by Gasteiger charge is -2.22. The van der Waals surface area contributed by atoms with Crippen LogP contribution in [0.3, 0.4) is 0 Å². The smallest absolute Gasteiger partial charge is 0.259 e. The van der Waals surface area contributed by atoms with E-state index >= 15 is 0 Å². The van der Waals surface area contributed by atoms with E-state index in [1.807, 2.05) is 23.0 Å². The lowest BCUT2D eigenvalue weighted by molar-refractivity contribution is 0.102. The molecule has 0 aromatic carbocycles. The van der Waals surface area contributed by atoms with Gasteiger partial charge in [0.05, 0.1) is 11.8 Å². The van der Waals surface area contributed by atoms with Gasteiger partial charge in [-0.1, -0.05) is 18.3 Å². The third-order valence-electron chi connectivity index (χ3n) is 5.05. The molecule has 1 aliphatic rings. The minimum atomic E-state index is -0.225. The summed E-state index contributed by atoms with van der Waals surface area (Å²) in [5.41, 5.74) is 3.35. The molecule has 4 rings (SSSR count). The molecule has 0 atom stereocenters. The van der Waals surface area contributed by atoms with Crippen molar-refractivity contribution >= 4 is 28.2 Å². The summed E-state index contributed by atoms with van der Waals surface area (Å²) in [6.07, 6.45) is 7.92. The van der Waals surface area contributed by atoms with Gasteiger partial charge in [0.15, 0.2) is 0 Å². The van der Waals surface area contributed by atoms with Crippen LogP contribution in [0.25, 0.3) is 0 Å². The van der Waals surface area contributed by atoms with Gasteiger partial charge in [-0.2, -0.15) is 5.10 Å².